The number of aryl methyl sites for hydroxylation is 1. The van der Waals surface area contributed by atoms with Gasteiger partial charge in [-0.3, -0.25) is 19.2 Å². The van der Waals surface area contributed by atoms with Crippen molar-refractivity contribution < 1.29 is 23.9 Å². The fourth-order valence-electron chi connectivity index (χ4n) is 3.14. The number of nitrogens with one attached hydrogen (secondary N) is 1. The molecule has 6 nitrogen and oxygen atoms in total. The van der Waals surface area contributed by atoms with Gasteiger partial charge < -0.3 is 10.1 Å². The molecule has 1 aliphatic rings. The van der Waals surface area contributed by atoms with Crippen molar-refractivity contribution in [1.29, 1.82) is 0 Å². The SMILES string of the molecule is COC(=O)CNC(=O)CCCC1=C(C)C(=O)c2ccccc2C1=O.Cc1ccccc1. The predicted molar refractivity (Wildman–Crippen MR) is 118 cm³/mol. The topological polar surface area (TPSA) is 89.5 Å². The summed E-state index contributed by atoms with van der Waals surface area (Å²) >= 11 is 0. The van der Waals surface area contributed by atoms with E-state index >= 15 is 0 Å². The molecule has 1 amide bonds. The van der Waals surface area contributed by atoms with Gasteiger partial charge in [0.2, 0.25) is 5.91 Å². The molecule has 6 heteroatoms. The second kappa shape index (κ2) is 11.6. The smallest absolute Gasteiger partial charge is 0.325 e. The number of carbonyl (C=O) groups is 4. The maximum atomic E-state index is 12.5. The first-order valence-corrected chi connectivity index (χ1v) is 10.1. The number of fused-ring (bicyclic) bond motifs is 1. The number of methoxy groups -OCH3 is 1. The Bertz CT molecular complexity index is 992. The van der Waals surface area contributed by atoms with Gasteiger partial charge in [0.1, 0.15) is 6.54 Å². The molecule has 3 rings (SSSR count). The Hall–Kier alpha value is -3.54. The molecule has 0 spiro atoms. The van der Waals surface area contributed by atoms with Gasteiger partial charge in [0, 0.05) is 28.7 Å². The molecule has 0 unspecified atom stereocenters. The summed E-state index contributed by atoms with van der Waals surface area (Å²) in [5.74, 6) is -1.12. The zero-order valence-electron chi connectivity index (χ0n) is 18.1. The maximum Gasteiger partial charge on any atom is 0.325 e. The van der Waals surface area contributed by atoms with Crippen LogP contribution >= 0.6 is 0 Å². The van der Waals surface area contributed by atoms with Crippen LogP contribution in [0.5, 0.6) is 0 Å². The number of hydrogen-bond donors (Lipinski definition) is 1. The first-order valence-electron chi connectivity index (χ1n) is 10.1. The molecule has 0 aliphatic heterocycles. The largest absolute Gasteiger partial charge is 0.468 e. The summed E-state index contributed by atoms with van der Waals surface area (Å²) in [6.45, 7) is 3.55. The van der Waals surface area contributed by atoms with E-state index in [4.69, 9.17) is 0 Å². The van der Waals surface area contributed by atoms with Crippen LogP contribution in [0.4, 0.5) is 0 Å². The van der Waals surface area contributed by atoms with Crippen LogP contribution in [0.15, 0.2) is 65.7 Å². The van der Waals surface area contributed by atoms with Crippen molar-refractivity contribution in [3.8, 4) is 0 Å². The van der Waals surface area contributed by atoms with Gasteiger partial charge in [-0.15, -0.1) is 0 Å². The minimum atomic E-state index is -0.522. The monoisotopic (exact) mass is 421 g/mol. The van der Waals surface area contributed by atoms with Gasteiger partial charge in [0.05, 0.1) is 7.11 Å². The molecule has 162 valence electrons. The lowest BCUT2D eigenvalue weighted by Crippen LogP contribution is -2.30. The normalized spacial score (nSPS) is 12.5. The Morgan fingerprint density at radius 2 is 1.45 bits per heavy atom. The van der Waals surface area contributed by atoms with Gasteiger partial charge in [-0.2, -0.15) is 0 Å². The molecule has 31 heavy (non-hydrogen) atoms. The van der Waals surface area contributed by atoms with E-state index in [0.717, 1.165) is 0 Å². The number of Topliss-reactive ketones (excluding diaryl/α,β-unsaturated/α-hetero) is 2. The average molecular weight is 421 g/mol. The van der Waals surface area contributed by atoms with E-state index in [0.29, 0.717) is 35.1 Å². The summed E-state index contributed by atoms with van der Waals surface area (Å²) in [7, 11) is 1.24. The zero-order chi connectivity index (χ0) is 22.8. The van der Waals surface area contributed by atoms with Crippen molar-refractivity contribution in [3.05, 3.63) is 82.4 Å². The second-order valence-electron chi connectivity index (χ2n) is 7.17. The van der Waals surface area contributed by atoms with Crippen molar-refractivity contribution in [1.82, 2.24) is 5.32 Å². The van der Waals surface area contributed by atoms with E-state index in [2.05, 4.69) is 29.1 Å². The van der Waals surface area contributed by atoms with Gasteiger partial charge in [-0.25, -0.2) is 0 Å². The van der Waals surface area contributed by atoms with E-state index in [-0.39, 0.29) is 30.4 Å². The number of carbonyl (C=O) groups excluding carboxylic acids is 4. The van der Waals surface area contributed by atoms with E-state index < -0.39 is 5.97 Å². The number of rotatable bonds is 6. The highest BCUT2D eigenvalue weighted by Gasteiger charge is 2.28. The number of ether oxygens (including phenoxy) is 1. The summed E-state index contributed by atoms with van der Waals surface area (Å²) in [4.78, 5) is 47.5. The number of hydrogen-bond acceptors (Lipinski definition) is 5. The molecule has 2 aromatic rings. The van der Waals surface area contributed by atoms with Crippen molar-refractivity contribution in [2.45, 2.75) is 33.1 Å². The van der Waals surface area contributed by atoms with Crippen molar-refractivity contribution >= 4 is 23.4 Å². The minimum absolute atomic E-state index is 0.143. The van der Waals surface area contributed by atoms with Gasteiger partial charge in [-0.05, 0) is 26.7 Å². The van der Waals surface area contributed by atoms with E-state index in [1.165, 1.54) is 12.7 Å². The molecule has 0 saturated heterocycles. The number of esters is 1. The highest BCUT2D eigenvalue weighted by molar-refractivity contribution is 6.26. The summed E-state index contributed by atoms with van der Waals surface area (Å²) in [6.07, 6.45) is 0.925. The molecule has 0 heterocycles. The molecular formula is C25H27NO5. The van der Waals surface area contributed by atoms with Crippen LogP contribution in [0, 0.1) is 6.92 Å². The second-order valence-corrected chi connectivity index (χ2v) is 7.17. The van der Waals surface area contributed by atoms with Crippen LogP contribution in [-0.2, 0) is 14.3 Å². The quantitative estimate of drug-likeness (QED) is 0.716. The van der Waals surface area contributed by atoms with E-state index in [1.807, 2.05) is 18.2 Å². The lowest BCUT2D eigenvalue weighted by Gasteiger charge is -2.18. The molecule has 1 N–H and O–H groups in total. The van der Waals surface area contributed by atoms with E-state index in [9.17, 15) is 19.2 Å². The van der Waals surface area contributed by atoms with Crippen LogP contribution in [-0.4, -0.2) is 37.1 Å². The molecule has 0 bridgehead atoms. The van der Waals surface area contributed by atoms with Crippen LogP contribution in [0.2, 0.25) is 0 Å². The van der Waals surface area contributed by atoms with Crippen LogP contribution < -0.4 is 5.32 Å². The number of benzene rings is 2. The zero-order valence-corrected chi connectivity index (χ0v) is 18.1. The first-order chi connectivity index (χ1) is 14.8. The highest BCUT2D eigenvalue weighted by Crippen LogP contribution is 2.28. The Morgan fingerprint density at radius 3 is 2.00 bits per heavy atom. The third-order valence-electron chi connectivity index (χ3n) is 4.91. The lowest BCUT2D eigenvalue weighted by atomic mass is 9.83. The van der Waals surface area contributed by atoms with Crippen LogP contribution in [0.25, 0.3) is 0 Å². The summed E-state index contributed by atoms with van der Waals surface area (Å²) < 4.78 is 4.43. The molecule has 0 atom stereocenters. The van der Waals surface area contributed by atoms with Crippen molar-refractivity contribution in [3.63, 3.8) is 0 Å². The third kappa shape index (κ3) is 6.74. The molecule has 1 aliphatic carbocycles. The summed E-state index contributed by atoms with van der Waals surface area (Å²) in [5, 5.41) is 2.44. The number of allylic oxidation sites excluding steroid dienone is 2. The van der Waals surface area contributed by atoms with Crippen LogP contribution in [0.3, 0.4) is 0 Å². The van der Waals surface area contributed by atoms with Gasteiger partial charge in [-0.1, -0.05) is 60.2 Å². The number of amides is 1. The lowest BCUT2D eigenvalue weighted by molar-refractivity contribution is -0.141. The molecule has 0 radical (unpaired) electrons. The Labute approximate surface area is 182 Å². The van der Waals surface area contributed by atoms with Crippen molar-refractivity contribution in [2.75, 3.05) is 13.7 Å². The Balaban J connectivity index is 0.000000412. The van der Waals surface area contributed by atoms with Gasteiger partial charge >= 0.3 is 5.97 Å². The fraction of sp³-hybridized carbons (Fsp3) is 0.280. The molecule has 0 saturated carbocycles. The van der Waals surface area contributed by atoms with Crippen LogP contribution in [0.1, 0.15) is 52.5 Å². The Morgan fingerprint density at radius 1 is 0.871 bits per heavy atom. The highest BCUT2D eigenvalue weighted by atomic mass is 16.5. The third-order valence-corrected chi connectivity index (χ3v) is 4.91. The molecular weight excluding hydrogens is 394 g/mol. The summed E-state index contributed by atoms with van der Waals surface area (Å²) in [5.41, 5.74) is 3.06. The average Bonchev–Trinajstić information content (AvgIpc) is 2.79. The molecule has 2 aromatic carbocycles. The fourth-order valence-corrected chi connectivity index (χ4v) is 3.14. The van der Waals surface area contributed by atoms with E-state index in [1.54, 1.807) is 31.2 Å². The van der Waals surface area contributed by atoms with Gasteiger partial charge in [0.25, 0.3) is 0 Å². The minimum Gasteiger partial charge on any atom is -0.468 e. The predicted octanol–water partition coefficient (Wildman–Crippen LogP) is 3.84. The number of ketones is 2. The maximum absolute atomic E-state index is 12.5. The molecule has 0 aromatic heterocycles. The first kappa shape index (κ1) is 23.7. The summed E-state index contributed by atoms with van der Waals surface area (Å²) in [6, 6.07) is 17.0. The Kier molecular flexibility index (Phi) is 8.88. The molecule has 0 fully saturated rings. The van der Waals surface area contributed by atoms with Gasteiger partial charge in [0.15, 0.2) is 11.6 Å². The van der Waals surface area contributed by atoms with Crippen molar-refractivity contribution in [2.24, 2.45) is 0 Å². The standard InChI is InChI=1S/C18H19NO5.C7H8/c1-11-12(8-5-9-15(20)19-10-16(21)24-2)18(23)14-7-4-3-6-13(14)17(11)22;1-7-5-3-2-4-6-7/h3-4,6-7H,5,8-10H2,1-2H3,(H,19,20);2-6H,1H3.